The molecule has 0 atom stereocenters. The lowest BCUT2D eigenvalue weighted by molar-refractivity contribution is 0.112. The molecule has 0 saturated carbocycles. The van der Waals surface area contributed by atoms with Crippen LogP contribution >= 0.6 is 0 Å². The summed E-state index contributed by atoms with van der Waals surface area (Å²) in [6.45, 7) is 4.09. The van der Waals surface area contributed by atoms with E-state index in [0.29, 0.717) is 5.56 Å². The van der Waals surface area contributed by atoms with Gasteiger partial charge in [-0.1, -0.05) is 5.21 Å². The van der Waals surface area contributed by atoms with Crippen molar-refractivity contribution in [1.29, 1.82) is 0 Å². The summed E-state index contributed by atoms with van der Waals surface area (Å²) in [5.74, 6) is 0. The molecule has 0 fully saturated rings. The standard InChI is InChI=1S/C10H11N3O/c1-7(2)13-10-4-3-8(6-14)5-9(10)11-12-13/h3-7H,1-2H3. The quantitative estimate of drug-likeness (QED) is 0.677. The van der Waals surface area contributed by atoms with Crippen LogP contribution in [-0.4, -0.2) is 21.3 Å². The maximum atomic E-state index is 10.5. The zero-order valence-electron chi connectivity index (χ0n) is 8.14. The van der Waals surface area contributed by atoms with Crippen molar-refractivity contribution in [2.24, 2.45) is 0 Å². The van der Waals surface area contributed by atoms with Crippen molar-refractivity contribution >= 4 is 17.3 Å². The first-order valence-electron chi connectivity index (χ1n) is 4.52. The third kappa shape index (κ3) is 1.28. The highest BCUT2D eigenvalue weighted by molar-refractivity contribution is 5.84. The minimum Gasteiger partial charge on any atom is -0.298 e. The molecule has 72 valence electrons. The SMILES string of the molecule is CC(C)n1nnc2cc(C=O)ccc21. The fourth-order valence-corrected chi connectivity index (χ4v) is 1.41. The average Bonchev–Trinajstić information content (AvgIpc) is 2.59. The molecule has 2 aromatic rings. The van der Waals surface area contributed by atoms with Crippen LogP contribution in [0.25, 0.3) is 11.0 Å². The van der Waals surface area contributed by atoms with Gasteiger partial charge in [0.25, 0.3) is 0 Å². The molecule has 0 unspecified atom stereocenters. The third-order valence-electron chi connectivity index (χ3n) is 2.12. The van der Waals surface area contributed by atoms with E-state index in [-0.39, 0.29) is 6.04 Å². The van der Waals surface area contributed by atoms with Crippen molar-refractivity contribution in [3.05, 3.63) is 23.8 Å². The molecule has 1 aromatic carbocycles. The highest BCUT2D eigenvalue weighted by atomic mass is 16.1. The van der Waals surface area contributed by atoms with Gasteiger partial charge in [0.05, 0.1) is 5.52 Å². The van der Waals surface area contributed by atoms with Gasteiger partial charge in [-0.05, 0) is 32.0 Å². The Labute approximate surface area is 81.5 Å². The van der Waals surface area contributed by atoms with Crippen LogP contribution in [0.4, 0.5) is 0 Å². The molecular weight excluding hydrogens is 178 g/mol. The number of hydrogen-bond acceptors (Lipinski definition) is 3. The number of fused-ring (bicyclic) bond motifs is 1. The molecule has 0 aliphatic rings. The van der Waals surface area contributed by atoms with Crippen molar-refractivity contribution in [1.82, 2.24) is 15.0 Å². The van der Waals surface area contributed by atoms with Gasteiger partial charge in [0.2, 0.25) is 0 Å². The van der Waals surface area contributed by atoms with Crippen LogP contribution in [0.5, 0.6) is 0 Å². The van der Waals surface area contributed by atoms with E-state index in [1.807, 2.05) is 24.6 Å². The monoisotopic (exact) mass is 189 g/mol. The lowest BCUT2D eigenvalue weighted by Gasteiger charge is -2.04. The van der Waals surface area contributed by atoms with E-state index in [1.165, 1.54) is 0 Å². The molecule has 4 heteroatoms. The van der Waals surface area contributed by atoms with Gasteiger partial charge < -0.3 is 0 Å². The molecule has 0 aliphatic heterocycles. The summed E-state index contributed by atoms with van der Waals surface area (Å²) in [7, 11) is 0. The Morgan fingerprint density at radius 1 is 1.43 bits per heavy atom. The Balaban J connectivity index is 2.65. The summed E-state index contributed by atoms with van der Waals surface area (Å²) in [4.78, 5) is 10.5. The molecule has 0 radical (unpaired) electrons. The zero-order valence-corrected chi connectivity index (χ0v) is 8.14. The van der Waals surface area contributed by atoms with E-state index in [2.05, 4.69) is 10.3 Å². The van der Waals surface area contributed by atoms with Gasteiger partial charge in [-0.2, -0.15) is 0 Å². The van der Waals surface area contributed by atoms with Crippen LogP contribution < -0.4 is 0 Å². The second-order valence-corrected chi connectivity index (χ2v) is 3.49. The van der Waals surface area contributed by atoms with Gasteiger partial charge in [-0.15, -0.1) is 5.10 Å². The third-order valence-corrected chi connectivity index (χ3v) is 2.12. The topological polar surface area (TPSA) is 47.8 Å². The van der Waals surface area contributed by atoms with Crippen molar-refractivity contribution in [3.63, 3.8) is 0 Å². The van der Waals surface area contributed by atoms with Crippen molar-refractivity contribution in [3.8, 4) is 0 Å². The first-order valence-corrected chi connectivity index (χ1v) is 4.52. The number of carbonyl (C=O) groups excluding carboxylic acids is 1. The molecule has 0 amide bonds. The maximum absolute atomic E-state index is 10.5. The van der Waals surface area contributed by atoms with Gasteiger partial charge in [-0.25, -0.2) is 4.68 Å². The van der Waals surface area contributed by atoms with E-state index in [0.717, 1.165) is 17.3 Å². The smallest absolute Gasteiger partial charge is 0.150 e. The number of benzene rings is 1. The summed E-state index contributed by atoms with van der Waals surface area (Å²) in [6.07, 6.45) is 0.813. The van der Waals surface area contributed by atoms with Crippen LogP contribution in [0, 0.1) is 0 Å². The van der Waals surface area contributed by atoms with Gasteiger partial charge in [0.15, 0.2) is 0 Å². The Hall–Kier alpha value is -1.71. The predicted octanol–water partition coefficient (Wildman–Crippen LogP) is 1.82. The second kappa shape index (κ2) is 3.21. The van der Waals surface area contributed by atoms with Crippen LogP contribution in [0.15, 0.2) is 18.2 Å². The fraction of sp³-hybridized carbons (Fsp3) is 0.300. The molecule has 2 rings (SSSR count). The lowest BCUT2D eigenvalue weighted by Crippen LogP contribution is -2.02. The minimum atomic E-state index is 0.280. The predicted molar refractivity (Wildman–Crippen MR) is 53.3 cm³/mol. The van der Waals surface area contributed by atoms with E-state index in [1.54, 1.807) is 12.1 Å². The average molecular weight is 189 g/mol. The molecule has 4 nitrogen and oxygen atoms in total. The zero-order chi connectivity index (χ0) is 10.1. The van der Waals surface area contributed by atoms with Crippen LogP contribution in [0.3, 0.4) is 0 Å². The Kier molecular flexibility index (Phi) is 2.04. The van der Waals surface area contributed by atoms with Crippen molar-refractivity contribution in [2.75, 3.05) is 0 Å². The summed E-state index contributed by atoms with van der Waals surface area (Å²) in [5, 5.41) is 8.02. The Morgan fingerprint density at radius 2 is 2.21 bits per heavy atom. The van der Waals surface area contributed by atoms with E-state index >= 15 is 0 Å². The molecule has 0 spiro atoms. The number of hydrogen-bond donors (Lipinski definition) is 0. The number of nitrogens with zero attached hydrogens (tertiary/aromatic N) is 3. The first kappa shape index (κ1) is 8.87. The molecule has 0 bridgehead atoms. The molecule has 0 aliphatic carbocycles. The lowest BCUT2D eigenvalue weighted by atomic mass is 10.2. The first-order chi connectivity index (χ1) is 6.72. The largest absolute Gasteiger partial charge is 0.298 e. The summed E-state index contributed by atoms with van der Waals surface area (Å²) in [6, 6.07) is 5.67. The van der Waals surface area contributed by atoms with Gasteiger partial charge in [0.1, 0.15) is 11.8 Å². The molecule has 1 heterocycles. The number of rotatable bonds is 2. The van der Waals surface area contributed by atoms with E-state index in [9.17, 15) is 4.79 Å². The highest BCUT2D eigenvalue weighted by Crippen LogP contribution is 2.15. The maximum Gasteiger partial charge on any atom is 0.150 e. The van der Waals surface area contributed by atoms with Crippen LogP contribution in [-0.2, 0) is 0 Å². The normalized spacial score (nSPS) is 11.1. The molecule has 1 aromatic heterocycles. The molecular formula is C10H11N3O. The number of carbonyl (C=O) groups is 1. The Bertz CT molecular complexity index is 473. The van der Waals surface area contributed by atoms with E-state index in [4.69, 9.17) is 0 Å². The molecule has 14 heavy (non-hydrogen) atoms. The van der Waals surface area contributed by atoms with Gasteiger partial charge >= 0.3 is 0 Å². The summed E-state index contributed by atoms with van der Waals surface area (Å²) in [5.41, 5.74) is 2.36. The fourth-order valence-electron chi connectivity index (χ4n) is 1.41. The van der Waals surface area contributed by atoms with Crippen molar-refractivity contribution in [2.45, 2.75) is 19.9 Å². The second-order valence-electron chi connectivity index (χ2n) is 3.49. The minimum absolute atomic E-state index is 0.280. The van der Waals surface area contributed by atoms with Crippen LogP contribution in [0.1, 0.15) is 30.2 Å². The van der Waals surface area contributed by atoms with Gasteiger partial charge in [-0.3, -0.25) is 4.79 Å². The molecule has 0 N–H and O–H groups in total. The summed E-state index contributed by atoms with van der Waals surface area (Å²) >= 11 is 0. The van der Waals surface area contributed by atoms with Crippen molar-refractivity contribution < 1.29 is 4.79 Å². The van der Waals surface area contributed by atoms with Gasteiger partial charge in [0, 0.05) is 11.6 Å². The van der Waals surface area contributed by atoms with Crippen LogP contribution in [0.2, 0.25) is 0 Å². The molecule has 0 saturated heterocycles. The summed E-state index contributed by atoms with van der Waals surface area (Å²) < 4.78 is 1.84. The van der Waals surface area contributed by atoms with E-state index < -0.39 is 0 Å². The highest BCUT2D eigenvalue weighted by Gasteiger charge is 2.06. The Morgan fingerprint density at radius 3 is 2.86 bits per heavy atom. The number of aromatic nitrogens is 3. The number of aldehydes is 1.